The average Bonchev–Trinajstić information content (AvgIpc) is 2.51. The summed E-state index contributed by atoms with van der Waals surface area (Å²) in [4.78, 5) is 37.9. The van der Waals surface area contributed by atoms with Gasteiger partial charge in [-0.25, -0.2) is 9.69 Å². The molecule has 0 aliphatic carbocycles. The third-order valence-corrected chi connectivity index (χ3v) is 4.19. The molecule has 2 aromatic carbocycles. The van der Waals surface area contributed by atoms with E-state index in [1.807, 2.05) is 31.2 Å². The highest BCUT2D eigenvalue weighted by Crippen LogP contribution is 2.23. The molecule has 1 fully saturated rings. The second kappa shape index (κ2) is 6.56. The van der Waals surface area contributed by atoms with E-state index in [0.29, 0.717) is 5.69 Å². The molecule has 5 nitrogen and oxygen atoms in total. The van der Waals surface area contributed by atoms with Crippen molar-refractivity contribution in [2.75, 3.05) is 4.90 Å². The Morgan fingerprint density at radius 3 is 2.50 bits per heavy atom. The predicted molar refractivity (Wildman–Crippen MR) is 99.3 cm³/mol. The van der Waals surface area contributed by atoms with Crippen molar-refractivity contribution in [2.24, 2.45) is 0 Å². The fourth-order valence-corrected chi connectivity index (χ4v) is 2.99. The van der Waals surface area contributed by atoms with Crippen molar-refractivity contribution in [3.63, 3.8) is 0 Å². The number of imide groups is 2. The molecule has 0 spiro atoms. The fourth-order valence-electron chi connectivity index (χ4n) is 2.42. The number of hydrogen-bond acceptors (Lipinski definition) is 3. The maximum atomic E-state index is 12.7. The second-order valence-corrected chi connectivity index (χ2v) is 6.60. The lowest BCUT2D eigenvalue weighted by Crippen LogP contribution is -2.54. The Morgan fingerprint density at radius 2 is 1.79 bits per heavy atom. The minimum atomic E-state index is -0.740. The smallest absolute Gasteiger partial charge is 0.273 e. The van der Waals surface area contributed by atoms with Gasteiger partial charge in [0, 0.05) is 3.57 Å². The minimum absolute atomic E-state index is 0.0712. The first-order chi connectivity index (χ1) is 11.5. The zero-order valence-electron chi connectivity index (χ0n) is 12.7. The molecule has 2 aromatic rings. The molecule has 3 rings (SSSR count). The lowest BCUT2D eigenvalue weighted by molar-refractivity contribution is -0.122. The summed E-state index contributed by atoms with van der Waals surface area (Å²) in [6, 6.07) is 13.6. The Kier molecular flexibility index (Phi) is 4.48. The molecular weight excluding hydrogens is 419 g/mol. The first kappa shape index (κ1) is 16.4. The summed E-state index contributed by atoms with van der Waals surface area (Å²) >= 11 is 2.15. The van der Waals surface area contributed by atoms with Crippen molar-refractivity contribution >= 4 is 52.2 Å². The first-order valence-electron chi connectivity index (χ1n) is 7.19. The molecule has 24 heavy (non-hydrogen) atoms. The number of benzene rings is 2. The van der Waals surface area contributed by atoms with Crippen LogP contribution in [-0.2, 0) is 9.59 Å². The van der Waals surface area contributed by atoms with Crippen LogP contribution in [-0.4, -0.2) is 17.8 Å². The number of halogens is 1. The number of anilines is 1. The Balaban J connectivity index is 2.03. The van der Waals surface area contributed by atoms with Gasteiger partial charge < -0.3 is 0 Å². The number of rotatable bonds is 2. The van der Waals surface area contributed by atoms with E-state index in [-0.39, 0.29) is 5.57 Å². The van der Waals surface area contributed by atoms with Crippen LogP contribution < -0.4 is 10.2 Å². The molecule has 0 unspecified atom stereocenters. The number of hydrogen-bond donors (Lipinski definition) is 1. The largest absolute Gasteiger partial charge is 0.335 e. The molecule has 6 heteroatoms. The number of amides is 4. The maximum Gasteiger partial charge on any atom is 0.335 e. The van der Waals surface area contributed by atoms with Gasteiger partial charge >= 0.3 is 6.03 Å². The van der Waals surface area contributed by atoms with Gasteiger partial charge in [0.15, 0.2) is 0 Å². The molecular formula is C18H13IN2O3. The van der Waals surface area contributed by atoms with E-state index in [0.717, 1.165) is 19.6 Å². The maximum absolute atomic E-state index is 12.7. The number of nitrogens with zero attached hydrogens (tertiary/aromatic N) is 1. The quantitative estimate of drug-likeness (QED) is 0.450. The van der Waals surface area contributed by atoms with E-state index < -0.39 is 17.8 Å². The molecule has 1 N–H and O–H groups in total. The number of carbonyl (C=O) groups excluding carboxylic acids is 3. The van der Waals surface area contributed by atoms with Gasteiger partial charge in [-0.05, 0) is 71.0 Å². The first-order valence-corrected chi connectivity index (χ1v) is 8.27. The number of urea groups is 1. The molecule has 120 valence electrons. The van der Waals surface area contributed by atoms with Crippen molar-refractivity contribution in [3.05, 3.63) is 68.8 Å². The SMILES string of the molecule is Cc1cccc(N2C(=O)NC(=O)C(=Cc3cccc(I)c3)C2=O)c1. The molecule has 0 aromatic heterocycles. The molecule has 4 amide bonds. The van der Waals surface area contributed by atoms with Crippen LogP contribution in [0.2, 0.25) is 0 Å². The van der Waals surface area contributed by atoms with Gasteiger partial charge in [0.2, 0.25) is 0 Å². The van der Waals surface area contributed by atoms with Crippen LogP contribution in [0.1, 0.15) is 11.1 Å². The highest BCUT2D eigenvalue weighted by atomic mass is 127. The summed E-state index contributed by atoms with van der Waals surface area (Å²) < 4.78 is 0.984. The van der Waals surface area contributed by atoms with E-state index in [1.54, 1.807) is 24.3 Å². The van der Waals surface area contributed by atoms with Gasteiger partial charge in [0.05, 0.1) is 5.69 Å². The zero-order chi connectivity index (χ0) is 17.3. The highest BCUT2D eigenvalue weighted by molar-refractivity contribution is 14.1. The molecule has 0 radical (unpaired) electrons. The average molecular weight is 432 g/mol. The normalized spacial score (nSPS) is 16.5. The third kappa shape index (κ3) is 3.23. The van der Waals surface area contributed by atoms with Gasteiger partial charge in [-0.3, -0.25) is 14.9 Å². The van der Waals surface area contributed by atoms with E-state index in [4.69, 9.17) is 0 Å². The summed E-state index contributed by atoms with van der Waals surface area (Å²) in [6.07, 6.45) is 1.50. The number of aryl methyl sites for hydroxylation is 1. The molecule has 1 saturated heterocycles. The van der Waals surface area contributed by atoms with Gasteiger partial charge in [-0.2, -0.15) is 0 Å². The van der Waals surface area contributed by atoms with E-state index in [9.17, 15) is 14.4 Å². The molecule has 1 aliphatic heterocycles. The predicted octanol–water partition coefficient (Wildman–Crippen LogP) is 3.27. The highest BCUT2D eigenvalue weighted by Gasteiger charge is 2.36. The fraction of sp³-hybridized carbons (Fsp3) is 0.0556. The molecule has 0 bridgehead atoms. The minimum Gasteiger partial charge on any atom is -0.273 e. The molecule has 1 heterocycles. The van der Waals surface area contributed by atoms with Crippen LogP contribution in [0.4, 0.5) is 10.5 Å². The van der Waals surface area contributed by atoms with E-state index >= 15 is 0 Å². The van der Waals surface area contributed by atoms with Crippen LogP contribution in [0, 0.1) is 10.5 Å². The van der Waals surface area contributed by atoms with Crippen molar-refractivity contribution in [1.29, 1.82) is 0 Å². The van der Waals surface area contributed by atoms with Crippen molar-refractivity contribution in [2.45, 2.75) is 6.92 Å². The van der Waals surface area contributed by atoms with Crippen molar-refractivity contribution in [3.8, 4) is 0 Å². The summed E-state index contributed by atoms with van der Waals surface area (Å²) in [7, 11) is 0. The summed E-state index contributed by atoms with van der Waals surface area (Å²) in [5.41, 5.74) is 1.99. The van der Waals surface area contributed by atoms with Gasteiger partial charge in [0.1, 0.15) is 5.57 Å². The van der Waals surface area contributed by atoms with Crippen molar-refractivity contribution < 1.29 is 14.4 Å². The van der Waals surface area contributed by atoms with E-state index in [2.05, 4.69) is 27.9 Å². The van der Waals surface area contributed by atoms with Crippen LogP contribution in [0.5, 0.6) is 0 Å². The lowest BCUT2D eigenvalue weighted by atomic mass is 10.1. The van der Waals surface area contributed by atoms with Crippen LogP contribution >= 0.6 is 22.6 Å². The van der Waals surface area contributed by atoms with Gasteiger partial charge in [-0.15, -0.1) is 0 Å². The molecule has 0 saturated carbocycles. The Morgan fingerprint density at radius 1 is 1.04 bits per heavy atom. The number of barbiturate groups is 1. The standard InChI is InChI=1S/C18H13IN2O3/c1-11-4-2-7-14(8-11)21-17(23)15(16(22)20-18(21)24)10-12-5-3-6-13(19)9-12/h2-10H,1H3,(H,20,22,24). The zero-order valence-corrected chi connectivity index (χ0v) is 14.9. The topological polar surface area (TPSA) is 66.5 Å². The second-order valence-electron chi connectivity index (χ2n) is 5.35. The molecule has 0 atom stereocenters. The summed E-state index contributed by atoms with van der Waals surface area (Å²) in [5, 5.41) is 2.22. The van der Waals surface area contributed by atoms with Crippen LogP contribution in [0.25, 0.3) is 6.08 Å². The number of carbonyl (C=O) groups is 3. The molecule has 1 aliphatic rings. The van der Waals surface area contributed by atoms with Gasteiger partial charge in [0.25, 0.3) is 11.8 Å². The van der Waals surface area contributed by atoms with Crippen LogP contribution in [0.3, 0.4) is 0 Å². The lowest BCUT2D eigenvalue weighted by Gasteiger charge is -2.26. The Bertz CT molecular complexity index is 889. The summed E-state index contributed by atoms with van der Waals surface area (Å²) in [6.45, 7) is 1.86. The van der Waals surface area contributed by atoms with Gasteiger partial charge in [-0.1, -0.05) is 24.3 Å². The Labute approximate surface area is 152 Å². The number of nitrogens with one attached hydrogen (secondary N) is 1. The van der Waals surface area contributed by atoms with E-state index in [1.165, 1.54) is 6.08 Å². The van der Waals surface area contributed by atoms with Crippen LogP contribution in [0.15, 0.2) is 54.1 Å². The third-order valence-electron chi connectivity index (χ3n) is 3.52. The summed E-state index contributed by atoms with van der Waals surface area (Å²) in [5.74, 6) is -1.32. The van der Waals surface area contributed by atoms with Crippen molar-refractivity contribution in [1.82, 2.24) is 5.32 Å². The monoisotopic (exact) mass is 432 g/mol. The Hall–Kier alpha value is -2.48.